The maximum Gasteiger partial charge on any atom is 0.276 e. The minimum absolute atomic E-state index is 0.0564. The van der Waals surface area contributed by atoms with E-state index in [4.69, 9.17) is 11.6 Å². The van der Waals surface area contributed by atoms with Gasteiger partial charge in [-0.3, -0.25) is 9.59 Å². The van der Waals surface area contributed by atoms with Crippen LogP contribution in [0.3, 0.4) is 0 Å². The molecule has 0 unspecified atom stereocenters. The first-order valence-electron chi connectivity index (χ1n) is 7.55. The minimum atomic E-state index is -0.624. The van der Waals surface area contributed by atoms with E-state index >= 15 is 0 Å². The Morgan fingerprint density at radius 3 is 2.32 bits per heavy atom. The summed E-state index contributed by atoms with van der Waals surface area (Å²) in [4.78, 5) is 25.5. The molecule has 3 aromatic rings. The van der Waals surface area contributed by atoms with Crippen LogP contribution in [0.4, 0.5) is 0 Å². The van der Waals surface area contributed by atoms with E-state index in [1.54, 1.807) is 37.3 Å². The molecule has 0 aliphatic rings. The number of pyridine rings is 1. The highest BCUT2D eigenvalue weighted by molar-refractivity contribution is 6.30. The second-order valence-corrected chi connectivity index (χ2v) is 5.94. The van der Waals surface area contributed by atoms with E-state index in [0.717, 1.165) is 10.1 Å². The highest BCUT2D eigenvalue weighted by Crippen LogP contribution is 2.22. The van der Waals surface area contributed by atoms with Crippen molar-refractivity contribution in [3.63, 3.8) is 0 Å². The molecule has 0 N–H and O–H groups in total. The fraction of sp³-hybridized carbons (Fsp3) is 0.0500. The first-order chi connectivity index (χ1) is 12.0. The van der Waals surface area contributed by atoms with Crippen LogP contribution in [0.15, 0.2) is 65.5 Å². The van der Waals surface area contributed by atoms with Crippen LogP contribution >= 0.6 is 11.6 Å². The van der Waals surface area contributed by atoms with Crippen molar-refractivity contribution < 1.29 is 4.79 Å². The van der Waals surface area contributed by atoms with Gasteiger partial charge in [-0.2, -0.15) is 5.26 Å². The molecule has 0 saturated carbocycles. The van der Waals surface area contributed by atoms with Gasteiger partial charge < -0.3 is 0 Å². The highest BCUT2D eigenvalue weighted by Gasteiger charge is 2.19. The average Bonchev–Trinajstić information content (AvgIpc) is 2.62. The van der Waals surface area contributed by atoms with Crippen molar-refractivity contribution in [3.8, 4) is 17.2 Å². The number of benzene rings is 2. The molecule has 5 heteroatoms. The Labute approximate surface area is 149 Å². The van der Waals surface area contributed by atoms with Gasteiger partial charge in [0, 0.05) is 21.8 Å². The van der Waals surface area contributed by atoms with Crippen molar-refractivity contribution in [2.45, 2.75) is 6.92 Å². The Balaban J connectivity index is 2.20. The maximum atomic E-state index is 12.8. The second kappa shape index (κ2) is 6.76. The van der Waals surface area contributed by atoms with Crippen molar-refractivity contribution in [1.29, 1.82) is 5.26 Å². The van der Waals surface area contributed by atoms with Gasteiger partial charge in [0.05, 0.1) is 0 Å². The predicted octanol–water partition coefficient (Wildman–Crippen LogP) is 4.04. The molecule has 0 spiro atoms. The molecule has 122 valence electrons. The van der Waals surface area contributed by atoms with Crippen molar-refractivity contribution in [1.82, 2.24) is 4.57 Å². The first-order valence-corrected chi connectivity index (χ1v) is 7.93. The van der Waals surface area contributed by atoms with Crippen LogP contribution in [-0.2, 0) is 0 Å². The molecule has 0 aliphatic heterocycles. The molecule has 4 nitrogen and oxygen atoms in total. The Hall–Kier alpha value is -3.16. The number of hydrogen-bond donors (Lipinski definition) is 0. The number of aromatic nitrogens is 1. The number of halogens is 1. The van der Waals surface area contributed by atoms with E-state index in [1.807, 2.05) is 36.4 Å². The quantitative estimate of drug-likeness (QED) is 0.702. The van der Waals surface area contributed by atoms with Gasteiger partial charge in [0.15, 0.2) is 0 Å². The Morgan fingerprint density at radius 2 is 1.72 bits per heavy atom. The SMILES string of the molecule is Cc1cc(-c2ccccc2)c(C#N)c(=O)n1C(=O)c1ccc(Cl)cc1. The molecule has 25 heavy (non-hydrogen) atoms. The lowest BCUT2D eigenvalue weighted by molar-refractivity contribution is 0.0953. The number of nitrogens with zero attached hydrogens (tertiary/aromatic N) is 2. The monoisotopic (exact) mass is 348 g/mol. The fourth-order valence-electron chi connectivity index (χ4n) is 2.66. The van der Waals surface area contributed by atoms with Gasteiger partial charge in [0.25, 0.3) is 11.5 Å². The van der Waals surface area contributed by atoms with Crippen molar-refractivity contribution in [3.05, 3.63) is 92.9 Å². The van der Waals surface area contributed by atoms with E-state index in [1.165, 1.54) is 0 Å². The zero-order valence-electron chi connectivity index (χ0n) is 13.4. The first kappa shape index (κ1) is 16.7. The number of rotatable bonds is 2. The normalized spacial score (nSPS) is 10.3. The van der Waals surface area contributed by atoms with Crippen LogP contribution in [-0.4, -0.2) is 10.5 Å². The molecule has 0 bridgehead atoms. The van der Waals surface area contributed by atoms with Gasteiger partial charge in [-0.15, -0.1) is 0 Å². The summed E-state index contributed by atoms with van der Waals surface area (Å²) in [5.74, 6) is -0.490. The number of carbonyl (C=O) groups excluding carboxylic acids is 1. The minimum Gasteiger partial charge on any atom is -0.268 e. The zero-order valence-corrected chi connectivity index (χ0v) is 14.1. The van der Waals surface area contributed by atoms with Crippen molar-refractivity contribution in [2.24, 2.45) is 0 Å². The Kier molecular flexibility index (Phi) is 4.51. The summed E-state index contributed by atoms with van der Waals surface area (Å²) in [6.45, 7) is 1.67. The molecule has 0 radical (unpaired) electrons. The number of nitriles is 1. The molecule has 3 rings (SSSR count). The van der Waals surface area contributed by atoms with Gasteiger partial charge in [0.2, 0.25) is 0 Å². The van der Waals surface area contributed by atoms with E-state index in [9.17, 15) is 14.9 Å². The van der Waals surface area contributed by atoms with Crippen LogP contribution in [0.1, 0.15) is 21.6 Å². The standard InChI is InChI=1S/C20H13ClN2O2/c1-13-11-17(14-5-3-2-4-6-14)18(12-22)20(25)23(13)19(24)15-7-9-16(21)10-8-15/h2-11H,1H3. The third-order valence-electron chi connectivity index (χ3n) is 3.88. The molecule has 0 aliphatic carbocycles. The van der Waals surface area contributed by atoms with E-state index in [-0.39, 0.29) is 5.56 Å². The fourth-order valence-corrected chi connectivity index (χ4v) is 2.79. The molecule has 0 amide bonds. The number of carbonyl (C=O) groups is 1. The summed E-state index contributed by atoms with van der Waals surface area (Å²) in [5, 5.41) is 9.97. The van der Waals surface area contributed by atoms with Crippen LogP contribution in [0.25, 0.3) is 11.1 Å². The van der Waals surface area contributed by atoms with Crippen LogP contribution < -0.4 is 5.56 Å². The smallest absolute Gasteiger partial charge is 0.268 e. The summed E-state index contributed by atoms with van der Waals surface area (Å²) in [7, 11) is 0. The molecule has 1 heterocycles. The third kappa shape index (κ3) is 3.10. The van der Waals surface area contributed by atoms with Gasteiger partial charge in [-0.05, 0) is 42.8 Å². The summed E-state index contributed by atoms with van der Waals surface area (Å²) in [5.41, 5.74) is 1.38. The maximum absolute atomic E-state index is 12.8. The predicted molar refractivity (Wildman–Crippen MR) is 96.8 cm³/mol. The highest BCUT2D eigenvalue weighted by atomic mass is 35.5. The lowest BCUT2D eigenvalue weighted by atomic mass is 10.0. The van der Waals surface area contributed by atoms with Crippen LogP contribution in [0, 0.1) is 18.3 Å². The van der Waals surface area contributed by atoms with Gasteiger partial charge in [-0.25, -0.2) is 4.57 Å². The van der Waals surface area contributed by atoms with Crippen molar-refractivity contribution >= 4 is 17.5 Å². The summed E-state index contributed by atoms with van der Waals surface area (Å²) in [6.07, 6.45) is 0. The van der Waals surface area contributed by atoms with Gasteiger partial charge in [-0.1, -0.05) is 41.9 Å². The summed E-state index contributed by atoms with van der Waals surface area (Å²) in [6, 6.07) is 19.0. The molecular weight excluding hydrogens is 336 g/mol. The van der Waals surface area contributed by atoms with E-state index < -0.39 is 11.5 Å². The van der Waals surface area contributed by atoms with Gasteiger partial charge in [0.1, 0.15) is 11.6 Å². The Morgan fingerprint density at radius 1 is 1.08 bits per heavy atom. The van der Waals surface area contributed by atoms with Crippen LogP contribution in [0.2, 0.25) is 5.02 Å². The Bertz CT molecular complexity index is 1050. The van der Waals surface area contributed by atoms with Crippen LogP contribution in [0.5, 0.6) is 0 Å². The molecule has 2 aromatic carbocycles. The lowest BCUT2D eigenvalue weighted by Gasteiger charge is -2.12. The number of hydrogen-bond acceptors (Lipinski definition) is 3. The lowest BCUT2D eigenvalue weighted by Crippen LogP contribution is -2.31. The molecular formula is C20H13ClN2O2. The van der Waals surface area contributed by atoms with E-state index in [2.05, 4.69) is 0 Å². The molecule has 0 atom stereocenters. The topological polar surface area (TPSA) is 62.9 Å². The number of aryl methyl sites for hydroxylation is 1. The molecule has 1 aromatic heterocycles. The molecule has 0 fully saturated rings. The van der Waals surface area contributed by atoms with E-state index in [0.29, 0.717) is 21.8 Å². The van der Waals surface area contributed by atoms with Gasteiger partial charge >= 0.3 is 0 Å². The van der Waals surface area contributed by atoms with Crippen molar-refractivity contribution in [2.75, 3.05) is 0 Å². The third-order valence-corrected chi connectivity index (χ3v) is 4.14. The largest absolute Gasteiger partial charge is 0.276 e. The summed E-state index contributed by atoms with van der Waals surface area (Å²) < 4.78 is 1.02. The zero-order chi connectivity index (χ0) is 18.0. The summed E-state index contributed by atoms with van der Waals surface area (Å²) >= 11 is 5.84. The second-order valence-electron chi connectivity index (χ2n) is 5.50. The average molecular weight is 349 g/mol. The molecule has 0 saturated heterocycles.